The third-order valence-electron chi connectivity index (χ3n) is 4.59. The summed E-state index contributed by atoms with van der Waals surface area (Å²) < 4.78 is 43.0. The third kappa shape index (κ3) is 3.30. The van der Waals surface area contributed by atoms with E-state index in [9.17, 15) is 12.8 Å². The first-order chi connectivity index (χ1) is 13.3. The lowest BCUT2D eigenvalue weighted by Crippen LogP contribution is -2.28. The number of nitrogens with zero attached hydrogens (tertiary/aromatic N) is 3. The Morgan fingerprint density at radius 2 is 1.93 bits per heavy atom. The number of benzene rings is 2. The molecule has 7 nitrogen and oxygen atoms in total. The van der Waals surface area contributed by atoms with Gasteiger partial charge in [-0.05, 0) is 42.8 Å². The highest BCUT2D eigenvalue weighted by Gasteiger charge is 2.21. The van der Waals surface area contributed by atoms with Gasteiger partial charge < -0.3 is 9.55 Å². The Bertz CT molecular complexity index is 1250. The van der Waals surface area contributed by atoms with E-state index in [0.717, 1.165) is 16.5 Å². The summed E-state index contributed by atoms with van der Waals surface area (Å²) in [6.45, 7) is 1.71. The Kier molecular flexibility index (Phi) is 4.48. The summed E-state index contributed by atoms with van der Waals surface area (Å²) in [6.07, 6.45) is 3.30. The van der Waals surface area contributed by atoms with E-state index in [1.165, 1.54) is 18.5 Å². The molecule has 2 N–H and O–H groups in total. The number of fused-ring (bicyclic) bond motifs is 1. The van der Waals surface area contributed by atoms with Gasteiger partial charge in [-0.15, -0.1) is 10.2 Å². The van der Waals surface area contributed by atoms with Crippen LogP contribution in [-0.4, -0.2) is 28.2 Å². The van der Waals surface area contributed by atoms with Crippen LogP contribution < -0.4 is 4.72 Å². The molecule has 0 saturated heterocycles. The van der Waals surface area contributed by atoms with Crippen LogP contribution in [0.5, 0.6) is 0 Å². The maximum atomic E-state index is 13.4. The Morgan fingerprint density at radius 1 is 1.18 bits per heavy atom. The number of halogens is 1. The second-order valence-corrected chi connectivity index (χ2v) is 8.27. The highest BCUT2D eigenvalue weighted by atomic mass is 32.2. The fourth-order valence-corrected chi connectivity index (χ4v) is 4.39. The Morgan fingerprint density at radius 3 is 2.61 bits per heavy atom. The molecule has 0 saturated carbocycles. The Balaban J connectivity index is 1.61. The van der Waals surface area contributed by atoms with Crippen LogP contribution in [0, 0.1) is 5.82 Å². The molecule has 28 heavy (non-hydrogen) atoms. The van der Waals surface area contributed by atoms with Crippen LogP contribution in [0.15, 0.2) is 59.9 Å². The molecule has 0 fully saturated rings. The monoisotopic (exact) mass is 399 g/mol. The predicted octanol–water partition coefficient (Wildman–Crippen LogP) is 3.14. The molecule has 2 aromatic carbocycles. The zero-order valence-electron chi connectivity index (χ0n) is 15.2. The first kappa shape index (κ1) is 18.3. The van der Waals surface area contributed by atoms with Crippen molar-refractivity contribution in [3.05, 3.63) is 66.6 Å². The number of aromatic nitrogens is 4. The van der Waals surface area contributed by atoms with Gasteiger partial charge in [0.1, 0.15) is 18.0 Å². The van der Waals surface area contributed by atoms with Crippen LogP contribution in [0.3, 0.4) is 0 Å². The van der Waals surface area contributed by atoms with Crippen LogP contribution in [0.1, 0.15) is 18.8 Å². The van der Waals surface area contributed by atoms with Gasteiger partial charge in [0.2, 0.25) is 10.0 Å². The highest BCUT2D eigenvalue weighted by Crippen LogP contribution is 2.29. The van der Waals surface area contributed by atoms with Crippen LogP contribution in [0.4, 0.5) is 4.39 Å². The molecule has 0 aliphatic heterocycles. The SMILES string of the molecule is CC(NS(=O)(=O)c1ccc(-c2c[nH]c3cc(F)ccc23)cc1)c1nncn1C. The van der Waals surface area contributed by atoms with E-state index in [1.54, 1.807) is 55.1 Å². The average Bonchev–Trinajstić information content (AvgIpc) is 3.27. The van der Waals surface area contributed by atoms with Gasteiger partial charge in [-0.2, -0.15) is 0 Å². The molecule has 1 unspecified atom stereocenters. The number of H-pyrrole nitrogens is 1. The third-order valence-corrected chi connectivity index (χ3v) is 6.14. The van der Waals surface area contributed by atoms with E-state index in [-0.39, 0.29) is 10.7 Å². The minimum Gasteiger partial charge on any atom is -0.360 e. The smallest absolute Gasteiger partial charge is 0.241 e. The second kappa shape index (κ2) is 6.84. The quantitative estimate of drug-likeness (QED) is 0.539. The lowest BCUT2D eigenvalue weighted by molar-refractivity contribution is 0.553. The molecule has 2 heterocycles. The molecule has 4 rings (SSSR count). The van der Waals surface area contributed by atoms with E-state index in [1.807, 2.05) is 0 Å². The number of hydrogen-bond acceptors (Lipinski definition) is 4. The molecule has 2 aromatic heterocycles. The van der Waals surface area contributed by atoms with Crippen molar-refractivity contribution in [2.45, 2.75) is 17.9 Å². The van der Waals surface area contributed by atoms with Crippen molar-refractivity contribution in [1.82, 2.24) is 24.5 Å². The largest absolute Gasteiger partial charge is 0.360 e. The Hall–Kier alpha value is -3.04. The maximum absolute atomic E-state index is 13.4. The predicted molar refractivity (Wildman–Crippen MR) is 103 cm³/mol. The number of aryl methyl sites for hydroxylation is 1. The van der Waals surface area contributed by atoms with Crippen molar-refractivity contribution in [3.8, 4) is 11.1 Å². The molecular formula is C19H18FN5O2S. The van der Waals surface area contributed by atoms with Crippen molar-refractivity contribution in [3.63, 3.8) is 0 Å². The average molecular weight is 399 g/mol. The number of hydrogen-bond donors (Lipinski definition) is 2. The van der Waals surface area contributed by atoms with Gasteiger partial charge in [0.15, 0.2) is 0 Å². The van der Waals surface area contributed by atoms with Crippen LogP contribution in [0.2, 0.25) is 0 Å². The summed E-state index contributed by atoms with van der Waals surface area (Å²) in [6, 6.07) is 10.5. The summed E-state index contributed by atoms with van der Waals surface area (Å²) in [4.78, 5) is 3.18. The molecule has 0 aliphatic rings. The first-order valence-electron chi connectivity index (χ1n) is 8.58. The van der Waals surface area contributed by atoms with Gasteiger partial charge in [-0.1, -0.05) is 12.1 Å². The second-order valence-electron chi connectivity index (χ2n) is 6.56. The van der Waals surface area contributed by atoms with Crippen molar-refractivity contribution >= 4 is 20.9 Å². The molecule has 9 heteroatoms. The van der Waals surface area contributed by atoms with Gasteiger partial charge in [-0.25, -0.2) is 17.5 Å². The summed E-state index contributed by atoms with van der Waals surface area (Å²) >= 11 is 0. The standard InChI is InChI=1S/C19H18FN5O2S/c1-12(19-23-22-11-25(19)2)24-28(26,27)15-6-3-13(4-7-15)17-10-21-18-9-14(20)5-8-16(17)18/h3-12,21,24H,1-2H3. The summed E-state index contributed by atoms with van der Waals surface area (Å²) in [5.41, 5.74) is 2.39. The zero-order chi connectivity index (χ0) is 19.9. The summed E-state index contributed by atoms with van der Waals surface area (Å²) in [5, 5.41) is 8.57. The van der Waals surface area contributed by atoms with Gasteiger partial charge in [0.25, 0.3) is 0 Å². The number of rotatable bonds is 5. The van der Waals surface area contributed by atoms with E-state index in [4.69, 9.17) is 0 Å². The molecule has 0 spiro atoms. The van der Waals surface area contributed by atoms with Gasteiger partial charge in [-0.3, -0.25) is 0 Å². The van der Waals surface area contributed by atoms with Gasteiger partial charge in [0, 0.05) is 29.7 Å². The Labute approximate surface area is 161 Å². The minimum absolute atomic E-state index is 0.149. The fourth-order valence-electron chi connectivity index (χ4n) is 3.19. The van der Waals surface area contributed by atoms with Gasteiger partial charge >= 0.3 is 0 Å². The molecule has 0 bridgehead atoms. The summed E-state index contributed by atoms with van der Waals surface area (Å²) in [7, 11) is -1.97. The maximum Gasteiger partial charge on any atom is 0.241 e. The van der Waals surface area contributed by atoms with E-state index >= 15 is 0 Å². The molecular weight excluding hydrogens is 381 g/mol. The van der Waals surface area contributed by atoms with Crippen molar-refractivity contribution in [2.75, 3.05) is 0 Å². The van der Waals surface area contributed by atoms with Crippen molar-refractivity contribution in [2.24, 2.45) is 7.05 Å². The molecule has 144 valence electrons. The normalized spacial score (nSPS) is 13.1. The minimum atomic E-state index is -3.72. The molecule has 0 aliphatic carbocycles. The first-order valence-corrected chi connectivity index (χ1v) is 10.1. The van der Waals surface area contributed by atoms with Crippen LogP contribution >= 0.6 is 0 Å². The fraction of sp³-hybridized carbons (Fsp3) is 0.158. The molecule has 4 aromatic rings. The molecule has 1 atom stereocenters. The van der Waals surface area contributed by atoms with Gasteiger partial charge in [0.05, 0.1) is 10.9 Å². The van der Waals surface area contributed by atoms with E-state index in [2.05, 4.69) is 19.9 Å². The lowest BCUT2D eigenvalue weighted by atomic mass is 10.1. The van der Waals surface area contributed by atoms with Crippen molar-refractivity contribution < 1.29 is 12.8 Å². The van der Waals surface area contributed by atoms with E-state index < -0.39 is 16.1 Å². The lowest BCUT2D eigenvalue weighted by Gasteiger charge is -2.13. The number of nitrogens with one attached hydrogen (secondary N) is 2. The number of sulfonamides is 1. The van der Waals surface area contributed by atoms with Crippen LogP contribution in [0.25, 0.3) is 22.0 Å². The van der Waals surface area contributed by atoms with Crippen LogP contribution in [-0.2, 0) is 17.1 Å². The molecule has 0 radical (unpaired) electrons. The van der Waals surface area contributed by atoms with Crippen molar-refractivity contribution in [1.29, 1.82) is 0 Å². The summed E-state index contributed by atoms with van der Waals surface area (Å²) in [5.74, 6) is 0.205. The molecule has 0 amide bonds. The highest BCUT2D eigenvalue weighted by molar-refractivity contribution is 7.89. The topological polar surface area (TPSA) is 92.7 Å². The van der Waals surface area contributed by atoms with E-state index in [0.29, 0.717) is 11.3 Å². The number of aromatic amines is 1. The zero-order valence-corrected chi connectivity index (χ0v) is 16.0.